The Labute approximate surface area is 112 Å². The third-order valence-corrected chi connectivity index (χ3v) is 4.29. The van der Waals surface area contributed by atoms with Crippen LogP contribution in [0.5, 0.6) is 0 Å². The van der Waals surface area contributed by atoms with Crippen LogP contribution in [0.2, 0.25) is 0 Å². The Balaban J connectivity index is 2.04. The monoisotopic (exact) mass is 284 g/mol. The highest BCUT2D eigenvalue weighted by atomic mass is 32.2. The molecule has 0 spiro atoms. The van der Waals surface area contributed by atoms with Gasteiger partial charge in [-0.15, -0.1) is 0 Å². The maximum atomic E-state index is 12.1. The molecule has 0 radical (unpaired) electrons. The van der Waals surface area contributed by atoms with Crippen LogP contribution < -0.4 is 5.73 Å². The molecular weight excluding hydrogens is 268 g/mol. The van der Waals surface area contributed by atoms with Crippen LogP contribution in [-0.2, 0) is 10.0 Å². The number of carbonyl (C=O) groups is 1. The summed E-state index contributed by atoms with van der Waals surface area (Å²) in [5.74, 6) is 0.0704. The van der Waals surface area contributed by atoms with Crippen molar-refractivity contribution in [2.45, 2.75) is 0 Å². The number of aromatic nitrogens is 1. The molecule has 2 rings (SSSR count). The molecule has 0 unspecified atom stereocenters. The standard InChI is InChI=1S/C11H16N4O3S/c1-19(17,18)15-7-5-14(6-8-15)11(16)9-3-2-4-10(12)13-9/h2-4H,5-8H2,1H3,(H2,12,13). The molecule has 8 heteroatoms. The second-order valence-electron chi connectivity index (χ2n) is 4.40. The number of hydrogen-bond acceptors (Lipinski definition) is 5. The number of nitrogens with two attached hydrogens (primary N) is 1. The normalized spacial score (nSPS) is 17.4. The average molecular weight is 284 g/mol. The van der Waals surface area contributed by atoms with Gasteiger partial charge in [0.15, 0.2) is 0 Å². The highest BCUT2D eigenvalue weighted by molar-refractivity contribution is 7.88. The van der Waals surface area contributed by atoms with Crippen LogP contribution in [0, 0.1) is 0 Å². The van der Waals surface area contributed by atoms with Crippen molar-refractivity contribution in [2.24, 2.45) is 0 Å². The smallest absolute Gasteiger partial charge is 0.272 e. The summed E-state index contributed by atoms with van der Waals surface area (Å²) in [6, 6.07) is 4.88. The predicted octanol–water partition coefficient (Wildman–Crippen LogP) is -0.619. The third-order valence-electron chi connectivity index (χ3n) is 2.98. The minimum Gasteiger partial charge on any atom is -0.384 e. The Morgan fingerprint density at radius 1 is 1.26 bits per heavy atom. The molecule has 1 fully saturated rings. The van der Waals surface area contributed by atoms with Crippen LogP contribution >= 0.6 is 0 Å². The molecule has 1 aromatic rings. The Hall–Kier alpha value is -1.67. The fraction of sp³-hybridized carbons (Fsp3) is 0.455. The van der Waals surface area contributed by atoms with E-state index < -0.39 is 10.0 Å². The van der Waals surface area contributed by atoms with Crippen molar-refractivity contribution in [3.63, 3.8) is 0 Å². The van der Waals surface area contributed by atoms with Crippen LogP contribution in [0.25, 0.3) is 0 Å². The van der Waals surface area contributed by atoms with Gasteiger partial charge >= 0.3 is 0 Å². The van der Waals surface area contributed by atoms with E-state index in [0.717, 1.165) is 0 Å². The van der Waals surface area contributed by atoms with Gasteiger partial charge in [-0.1, -0.05) is 6.07 Å². The number of pyridine rings is 1. The maximum Gasteiger partial charge on any atom is 0.272 e. The number of carbonyl (C=O) groups excluding carboxylic acids is 1. The number of sulfonamides is 1. The van der Waals surface area contributed by atoms with Crippen molar-refractivity contribution in [2.75, 3.05) is 38.2 Å². The van der Waals surface area contributed by atoms with E-state index in [9.17, 15) is 13.2 Å². The summed E-state index contributed by atoms with van der Waals surface area (Å²) in [5, 5.41) is 0. The number of amides is 1. The molecule has 1 saturated heterocycles. The topological polar surface area (TPSA) is 96.6 Å². The van der Waals surface area contributed by atoms with E-state index in [-0.39, 0.29) is 11.6 Å². The first-order chi connectivity index (χ1) is 8.88. The summed E-state index contributed by atoms with van der Waals surface area (Å²) >= 11 is 0. The second-order valence-corrected chi connectivity index (χ2v) is 6.38. The van der Waals surface area contributed by atoms with Crippen molar-refractivity contribution in [3.8, 4) is 0 Å². The molecule has 0 saturated carbocycles. The highest BCUT2D eigenvalue weighted by Crippen LogP contribution is 2.10. The molecule has 19 heavy (non-hydrogen) atoms. The lowest BCUT2D eigenvalue weighted by Gasteiger charge is -2.33. The van der Waals surface area contributed by atoms with Crippen molar-refractivity contribution in [3.05, 3.63) is 23.9 Å². The summed E-state index contributed by atoms with van der Waals surface area (Å²) in [5.41, 5.74) is 5.82. The molecule has 2 N–H and O–H groups in total. The first-order valence-electron chi connectivity index (χ1n) is 5.85. The third kappa shape index (κ3) is 3.21. The number of hydrogen-bond donors (Lipinski definition) is 1. The molecule has 0 aromatic carbocycles. The zero-order valence-electron chi connectivity index (χ0n) is 10.6. The molecule has 7 nitrogen and oxygen atoms in total. The summed E-state index contributed by atoms with van der Waals surface area (Å²) in [6.45, 7) is 1.35. The van der Waals surface area contributed by atoms with Gasteiger partial charge in [0.05, 0.1) is 6.26 Å². The van der Waals surface area contributed by atoms with E-state index in [4.69, 9.17) is 5.73 Å². The first kappa shape index (κ1) is 13.8. The van der Waals surface area contributed by atoms with Crippen LogP contribution in [0.1, 0.15) is 10.5 Å². The lowest BCUT2D eigenvalue weighted by Crippen LogP contribution is -2.50. The van der Waals surface area contributed by atoms with Gasteiger partial charge in [0.2, 0.25) is 10.0 Å². The van der Waals surface area contributed by atoms with Gasteiger partial charge in [-0.25, -0.2) is 13.4 Å². The summed E-state index contributed by atoms with van der Waals surface area (Å²) < 4.78 is 24.1. The van der Waals surface area contributed by atoms with Crippen LogP contribution in [-0.4, -0.2) is 60.9 Å². The van der Waals surface area contributed by atoms with Gasteiger partial charge in [-0.05, 0) is 12.1 Å². The van der Waals surface area contributed by atoms with Gasteiger partial charge < -0.3 is 10.6 Å². The van der Waals surface area contributed by atoms with Crippen LogP contribution in [0.3, 0.4) is 0 Å². The molecule has 0 bridgehead atoms. The van der Waals surface area contributed by atoms with E-state index in [1.165, 1.54) is 10.6 Å². The number of rotatable bonds is 2. The van der Waals surface area contributed by atoms with E-state index in [1.54, 1.807) is 23.1 Å². The lowest BCUT2D eigenvalue weighted by atomic mass is 10.2. The highest BCUT2D eigenvalue weighted by Gasteiger charge is 2.27. The molecule has 1 amide bonds. The zero-order valence-corrected chi connectivity index (χ0v) is 11.4. The van der Waals surface area contributed by atoms with Crippen molar-refractivity contribution in [1.82, 2.24) is 14.2 Å². The van der Waals surface area contributed by atoms with Crippen molar-refractivity contribution >= 4 is 21.7 Å². The van der Waals surface area contributed by atoms with Crippen molar-refractivity contribution in [1.29, 1.82) is 0 Å². The Morgan fingerprint density at radius 3 is 2.42 bits per heavy atom. The fourth-order valence-electron chi connectivity index (χ4n) is 1.96. The molecule has 0 aliphatic carbocycles. The molecule has 1 aliphatic rings. The Bertz CT molecular complexity index is 579. The average Bonchev–Trinajstić information content (AvgIpc) is 2.37. The number of anilines is 1. The molecule has 0 atom stereocenters. The minimum absolute atomic E-state index is 0.222. The molecular formula is C11H16N4O3S. The number of nitrogens with zero attached hydrogens (tertiary/aromatic N) is 3. The lowest BCUT2D eigenvalue weighted by molar-refractivity contribution is 0.0692. The maximum absolute atomic E-state index is 12.1. The Morgan fingerprint density at radius 2 is 1.89 bits per heavy atom. The van der Waals surface area contributed by atoms with Gasteiger partial charge in [-0.2, -0.15) is 4.31 Å². The molecule has 1 aliphatic heterocycles. The number of nitrogen functional groups attached to an aromatic ring is 1. The largest absolute Gasteiger partial charge is 0.384 e. The summed E-state index contributed by atoms with van der Waals surface area (Å²) in [7, 11) is -3.19. The first-order valence-corrected chi connectivity index (χ1v) is 7.70. The SMILES string of the molecule is CS(=O)(=O)N1CCN(C(=O)c2cccc(N)n2)CC1. The van der Waals surface area contributed by atoms with Gasteiger partial charge in [-0.3, -0.25) is 4.79 Å². The molecule has 1 aromatic heterocycles. The molecule has 104 valence electrons. The van der Waals surface area contributed by atoms with Crippen LogP contribution in [0.4, 0.5) is 5.82 Å². The van der Waals surface area contributed by atoms with E-state index in [1.807, 2.05) is 0 Å². The van der Waals surface area contributed by atoms with Crippen molar-refractivity contribution < 1.29 is 13.2 Å². The van der Waals surface area contributed by atoms with Crippen LogP contribution in [0.15, 0.2) is 18.2 Å². The quantitative estimate of drug-likeness (QED) is 0.781. The van der Waals surface area contributed by atoms with Gasteiger partial charge in [0, 0.05) is 26.2 Å². The van der Waals surface area contributed by atoms with Gasteiger partial charge in [0.1, 0.15) is 11.5 Å². The predicted molar refractivity (Wildman–Crippen MR) is 71.0 cm³/mol. The Kier molecular flexibility index (Phi) is 3.72. The number of piperazine rings is 1. The molecule has 2 heterocycles. The second kappa shape index (κ2) is 5.14. The zero-order chi connectivity index (χ0) is 14.0. The summed E-state index contributed by atoms with van der Waals surface area (Å²) in [4.78, 5) is 17.7. The fourth-order valence-corrected chi connectivity index (χ4v) is 2.78. The van der Waals surface area contributed by atoms with E-state index >= 15 is 0 Å². The minimum atomic E-state index is -3.19. The van der Waals surface area contributed by atoms with E-state index in [0.29, 0.717) is 32.0 Å². The summed E-state index contributed by atoms with van der Waals surface area (Å²) in [6.07, 6.45) is 1.17. The van der Waals surface area contributed by atoms with Gasteiger partial charge in [0.25, 0.3) is 5.91 Å². The van der Waals surface area contributed by atoms with E-state index in [2.05, 4.69) is 4.98 Å².